The second-order valence-corrected chi connectivity index (χ2v) is 12.2. The number of carbonyl (C=O) groups excluding carboxylic acids is 2. The van der Waals surface area contributed by atoms with Gasteiger partial charge in [0.05, 0.1) is 11.4 Å². The molecule has 0 aliphatic carbocycles. The van der Waals surface area contributed by atoms with E-state index in [-0.39, 0.29) is 42.4 Å². The minimum absolute atomic E-state index is 0.110. The largest absolute Gasteiger partial charge is 0.338 e. The Bertz CT molecular complexity index is 1410. The molecule has 0 saturated carbocycles. The molecule has 0 unspecified atom stereocenters. The van der Waals surface area contributed by atoms with E-state index in [1.54, 1.807) is 64.4 Å². The highest BCUT2D eigenvalue weighted by atomic mass is 35.5. The van der Waals surface area contributed by atoms with E-state index < -0.39 is 15.8 Å². The molecule has 3 aromatic rings. The average molecular weight is 586 g/mol. The lowest BCUT2D eigenvalue weighted by Gasteiger charge is -2.39. The molecule has 1 fully saturated rings. The fourth-order valence-electron chi connectivity index (χ4n) is 4.93. The van der Waals surface area contributed by atoms with Gasteiger partial charge in [0.25, 0.3) is 5.91 Å². The number of sulfonamides is 1. The van der Waals surface area contributed by atoms with Crippen molar-refractivity contribution < 1.29 is 22.4 Å². The Morgan fingerprint density at radius 2 is 1.65 bits per heavy atom. The maximum atomic E-state index is 14.0. The molecule has 212 valence electrons. The standard InChI is InChI=1S/C30H33ClFN3O4S/c1-2-17-34(40(38,39)28-9-4-3-5-10-28)22-29(36)35(21-23-7-6-8-26(32)20-23)27-15-18-33(19-16-27)30(37)24-11-13-25(31)14-12-24/h3-14,20,27H,2,15-19,21-22H2,1H3. The van der Waals surface area contributed by atoms with Crippen LogP contribution in [-0.2, 0) is 21.4 Å². The second kappa shape index (κ2) is 13.4. The predicted molar refractivity (Wildman–Crippen MR) is 153 cm³/mol. The molecule has 1 aliphatic rings. The smallest absolute Gasteiger partial charge is 0.253 e. The first-order chi connectivity index (χ1) is 19.2. The molecule has 1 saturated heterocycles. The summed E-state index contributed by atoms with van der Waals surface area (Å²) in [7, 11) is -3.89. The molecule has 0 bridgehead atoms. The number of hydrogen-bond donors (Lipinski definition) is 0. The minimum Gasteiger partial charge on any atom is -0.338 e. The van der Waals surface area contributed by atoms with Gasteiger partial charge in [0, 0.05) is 42.8 Å². The van der Waals surface area contributed by atoms with Crippen LogP contribution in [0.15, 0.2) is 83.8 Å². The molecular formula is C30H33ClFN3O4S. The Morgan fingerprint density at radius 3 is 2.27 bits per heavy atom. The zero-order valence-corrected chi connectivity index (χ0v) is 24.0. The number of nitrogens with zero attached hydrogens (tertiary/aromatic N) is 3. The molecule has 1 heterocycles. The highest BCUT2D eigenvalue weighted by Gasteiger charge is 2.33. The van der Waals surface area contributed by atoms with Crippen LogP contribution in [0.4, 0.5) is 4.39 Å². The van der Waals surface area contributed by atoms with Crippen LogP contribution in [0.3, 0.4) is 0 Å². The molecule has 0 radical (unpaired) electrons. The molecule has 1 aliphatic heterocycles. The van der Waals surface area contributed by atoms with Crippen molar-refractivity contribution in [3.63, 3.8) is 0 Å². The van der Waals surface area contributed by atoms with Gasteiger partial charge in [-0.05, 0) is 73.4 Å². The zero-order valence-electron chi connectivity index (χ0n) is 22.4. The van der Waals surface area contributed by atoms with Gasteiger partial charge in [0.1, 0.15) is 5.82 Å². The first kappa shape index (κ1) is 29.7. The van der Waals surface area contributed by atoms with Gasteiger partial charge in [-0.2, -0.15) is 4.31 Å². The third kappa shape index (κ3) is 7.27. The monoisotopic (exact) mass is 585 g/mol. The van der Waals surface area contributed by atoms with E-state index in [0.29, 0.717) is 48.5 Å². The van der Waals surface area contributed by atoms with Gasteiger partial charge < -0.3 is 9.80 Å². The van der Waals surface area contributed by atoms with Crippen LogP contribution in [0.1, 0.15) is 42.1 Å². The van der Waals surface area contributed by atoms with Gasteiger partial charge >= 0.3 is 0 Å². The number of carbonyl (C=O) groups is 2. The summed E-state index contributed by atoms with van der Waals surface area (Å²) >= 11 is 5.95. The second-order valence-electron chi connectivity index (χ2n) is 9.83. The zero-order chi connectivity index (χ0) is 28.7. The average Bonchev–Trinajstić information content (AvgIpc) is 2.96. The van der Waals surface area contributed by atoms with Crippen molar-refractivity contribution in [2.75, 3.05) is 26.2 Å². The van der Waals surface area contributed by atoms with Gasteiger partial charge in [-0.3, -0.25) is 9.59 Å². The number of likely N-dealkylation sites (tertiary alicyclic amines) is 1. The van der Waals surface area contributed by atoms with E-state index in [9.17, 15) is 22.4 Å². The molecule has 0 aromatic heterocycles. The lowest BCUT2D eigenvalue weighted by molar-refractivity contribution is -0.135. The van der Waals surface area contributed by atoms with E-state index in [2.05, 4.69) is 0 Å². The first-order valence-corrected chi connectivity index (χ1v) is 15.1. The van der Waals surface area contributed by atoms with E-state index in [1.807, 2.05) is 6.92 Å². The summed E-state index contributed by atoms with van der Waals surface area (Å²) < 4.78 is 42.0. The van der Waals surface area contributed by atoms with E-state index in [4.69, 9.17) is 11.6 Å². The Balaban J connectivity index is 1.53. The molecule has 7 nitrogen and oxygen atoms in total. The van der Waals surface area contributed by atoms with E-state index in [1.165, 1.54) is 28.6 Å². The van der Waals surface area contributed by atoms with Crippen molar-refractivity contribution in [2.24, 2.45) is 0 Å². The van der Waals surface area contributed by atoms with Crippen LogP contribution in [0, 0.1) is 5.82 Å². The third-order valence-corrected chi connectivity index (χ3v) is 9.12. The molecule has 40 heavy (non-hydrogen) atoms. The van der Waals surface area contributed by atoms with Crippen LogP contribution in [-0.4, -0.2) is 66.6 Å². The first-order valence-electron chi connectivity index (χ1n) is 13.3. The van der Waals surface area contributed by atoms with Crippen molar-refractivity contribution in [2.45, 2.75) is 43.7 Å². The molecule has 2 amide bonds. The van der Waals surface area contributed by atoms with Crippen molar-refractivity contribution in [3.05, 3.63) is 101 Å². The van der Waals surface area contributed by atoms with Gasteiger partial charge in [0.2, 0.25) is 15.9 Å². The third-order valence-electron chi connectivity index (χ3n) is 7.01. The summed E-state index contributed by atoms with van der Waals surface area (Å²) in [5, 5.41) is 0.549. The van der Waals surface area contributed by atoms with Gasteiger partial charge in [-0.15, -0.1) is 0 Å². The summed E-state index contributed by atoms with van der Waals surface area (Å²) in [6, 6.07) is 20.6. The van der Waals surface area contributed by atoms with Crippen LogP contribution in [0.25, 0.3) is 0 Å². The minimum atomic E-state index is -3.89. The number of hydrogen-bond acceptors (Lipinski definition) is 4. The molecule has 4 rings (SSSR count). The lowest BCUT2D eigenvalue weighted by atomic mass is 10.0. The normalized spacial score (nSPS) is 14.3. The highest BCUT2D eigenvalue weighted by Crippen LogP contribution is 2.23. The fraction of sp³-hybridized carbons (Fsp3) is 0.333. The molecule has 3 aromatic carbocycles. The van der Waals surface area contributed by atoms with Gasteiger partial charge in [0.15, 0.2) is 0 Å². The van der Waals surface area contributed by atoms with Crippen molar-refractivity contribution in [1.29, 1.82) is 0 Å². The Morgan fingerprint density at radius 1 is 0.975 bits per heavy atom. The Kier molecular flexibility index (Phi) is 9.95. The molecule has 10 heteroatoms. The molecule has 0 spiro atoms. The topological polar surface area (TPSA) is 78.0 Å². The van der Waals surface area contributed by atoms with Gasteiger partial charge in [-0.25, -0.2) is 12.8 Å². The lowest BCUT2D eigenvalue weighted by Crippen LogP contribution is -2.51. The number of halogens is 2. The summed E-state index contributed by atoms with van der Waals surface area (Å²) in [5.74, 6) is -0.881. The van der Waals surface area contributed by atoms with Crippen LogP contribution < -0.4 is 0 Å². The Labute approximate surface area is 240 Å². The maximum absolute atomic E-state index is 14.0. The van der Waals surface area contributed by atoms with E-state index >= 15 is 0 Å². The number of rotatable bonds is 10. The van der Waals surface area contributed by atoms with Crippen molar-refractivity contribution >= 4 is 33.4 Å². The maximum Gasteiger partial charge on any atom is 0.253 e. The van der Waals surface area contributed by atoms with E-state index in [0.717, 1.165) is 0 Å². The fourth-order valence-corrected chi connectivity index (χ4v) is 6.55. The van der Waals surface area contributed by atoms with Crippen LogP contribution >= 0.6 is 11.6 Å². The van der Waals surface area contributed by atoms with Crippen LogP contribution in [0.2, 0.25) is 5.02 Å². The quantitative estimate of drug-likeness (QED) is 0.327. The number of piperidine rings is 1. The summed E-state index contributed by atoms with van der Waals surface area (Å²) in [4.78, 5) is 30.3. The SMILES string of the molecule is CCCN(CC(=O)N(Cc1cccc(F)c1)C1CCN(C(=O)c2ccc(Cl)cc2)CC1)S(=O)(=O)c1ccccc1. The molecular weight excluding hydrogens is 553 g/mol. The highest BCUT2D eigenvalue weighted by molar-refractivity contribution is 7.89. The molecule has 0 atom stereocenters. The number of amides is 2. The summed E-state index contributed by atoms with van der Waals surface area (Å²) in [6.45, 7) is 2.71. The summed E-state index contributed by atoms with van der Waals surface area (Å²) in [6.07, 6.45) is 1.56. The number of benzene rings is 3. The Hall–Kier alpha value is -3.27. The van der Waals surface area contributed by atoms with Gasteiger partial charge in [-0.1, -0.05) is 48.9 Å². The van der Waals surface area contributed by atoms with Crippen molar-refractivity contribution in [1.82, 2.24) is 14.1 Å². The predicted octanol–water partition coefficient (Wildman–Crippen LogP) is 5.21. The molecule has 0 N–H and O–H groups in total. The van der Waals surface area contributed by atoms with Crippen molar-refractivity contribution in [3.8, 4) is 0 Å². The van der Waals surface area contributed by atoms with Crippen LogP contribution in [0.5, 0.6) is 0 Å². The summed E-state index contributed by atoms with van der Waals surface area (Å²) in [5.41, 5.74) is 1.15.